The van der Waals surface area contributed by atoms with Gasteiger partial charge in [-0.15, -0.1) is 0 Å². The van der Waals surface area contributed by atoms with Crippen LogP contribution in [0.1, 0.15) is 61.3 Å². The molecule has 3 aliphatic rings. The first kappa shape index (κ1) is 20.0. The lowest BCUT2D eigenvalue weighted by Gasteiger charge is -2.50. The van der Waals surface area contributed by atoms with E-state index in [0.29, 0.717) is 5.13 Å². The number of fused-ring (bicyclic) bond motifs is 2. The number of nitrogens with zero attached hydrogens (tertiary/aromatic N) is 1. The Bertz CT molecular complexity index is 1200. The molecule has 4 heteroatoms. The van der Waals surface area contributed by atoms with Crippen LogP contribution in [0.4, 0.5) is 5.13 Å². The molecule has 0 radical (unpaired) electrons. The summed E-state index contributed by atoms with van der Waals surface area (Å²) in [6.07, 6.45) is 0.822. The van der Waals surface area contributed by atoms with Gasteiger partial charge in [0.25, 0.3) is 0 Å². The Kier molecular flexibility index (Phi) is 4.90. The maximum absolute atomic E-state index is 13.6. The standard InChI is InChI=1S/C25H20N2OS.C2H6/c1-25(23(28)27-24-26-20-12-6-7-13-21(20)29-24)14-19-15-8-2-4-10-17(15)22(25)18-11-5-3-9-16(18)19;1-2/h2-13,19,22H,14H2,1H3,(H,26,27,28);1-2H3. The molecule has 1 amide bonds. The molecule has 1 atom stereocenters. The number of carbonyl (C=O) groups excluding carboxylic acids is 1. The van der Waals surface area contributed by atoms with E-state index in [1.54, 1.807) is 0 Å². The largest absolute Gasteiger partial charge is 0.301 e. The van der Waals surface area contributed by atoms with Crippen molar-refractivity contribution in [3.05, 3.63) is 95.1 Å². The van der Waals surface area contributed by atoms with Gasteiger partial charge in [-0.2, -0.15) is 0 Å². The molecule has 4 aromatic rings. The lowest BCUT2D eigenvalue weighted by molar-refractivity contribution is -0.126. The van der Waals surface area contributed by atoms with Crippen molar-refractivity contribution in [2.75, 3.05) is 5.32 Å². The van der Waals surface area contributed by atoms with Gasteiger partial charge in [0.2, 0.25) is 5.91 Å². The minimum atomic E-state index is -0.509. The second kappa shape index (κ2) is 7.61. The number of hydrogen-bond donors (Lipinski definition) is 1. The van der Waals surface area contributed by atoms with Crippen LogP contribution in [0.3, 0.4) is 0 Å². The van der Waals surface area contributed by atoms with Crippen LogP contribution in [0.5, 0.6) is 0 Å². The summed E-state index contributed by atoms with van der Waals surface area (Å²) in [5.41, 5.74) is 5.76. The molecule has 156 valence electrons. The number of hydrogen-bond acceptors (Lipinski definition) is 3. The molecule has 0 saturated heterocycles. The van der Waals surface area contributed by atoms with Crippen molar-refractivity contribution in [3.63, 3.8) is 0 Å². The molecule has 3 aromatic carbocycles. The number of nitrogens with one attached hydrogen (secondary N) is 1. The van der Waals surface area contributed by atoms with Crippen LogP contribution >= 0.6 is 11.3 Å². The van der Waals surface area contributed by atoms with Crippen molar-refractivity contribution in [1.29, 1.82) is 0 Å². The van der Waals surface area contributed by atoms with E-state index in [1.807, 2.05) is 38.1 Å². The second-order valence-corrected chi connectivity index (χ2v) is 9.34. The Morgan fingerprint density at radius 3 is 2.06 bits per heavy atom. The Hall–Kier alpha value is -2.98. The van der Waals surface area contributed by atoms with Crippen LogP contribution in [0.15, 0.2) is 72.8 Å². The lowest BCUT2D eigenvalue weighted by atomic mass is 9.52. The first-order valence-electron chi connectivity index (χ1n) is 11.0. The number of para-hydroxylation sites is 1. The highest BCUT2D eigenvalue weighted by Crippen LogP contribution is 2.61. The number of thiazole rings is 1. The molecule has 3 nitrogen and oxygen atoms in total. The summed E-state index contributed by atoms with van der Waals surface area (Å²) in [7, 11) is 0. The zero-order valence-corrected chi connectivity index (χ0v) is 18.9. The molecule has 2 bridgehead atoms. The van der Waals surface area contributed by atoms with Gasteiger partial charge in [0.1, 0.15) is 0 Å². The first-order valence-corrected chi connectivity index (χ1v) is 11.8. The Balaban J connectivity index is 0.000000994. The number of aromatic nitrogens is 1. The third-order valence-corrected chi connectivity index (χ3v) is 7.62. The SMILES string of the molecule is CC.CC1(C(=O)Nc2nc3ccccc3s2)CC2c3ccccc3C1c1ccccc12. The highest BCUT2D eigenvalue weighted by molar-refractivity contribution is 7.22. The minimum absolute atomic E-state index is 0.0641. The van der Waals surface area contributed by atoms with Crippen LogP contribution in [-0.4, -0.2) is 10.9 Å². The van der Waals surface area contributed by atoms with Gasteiger partial charge in [-0.1, -0.05) is 85.8 Å². The highest BCUT2D eigenvalue weighted by atomic mass is 32.1. The van der Waals surface area contributed by atoms with E-state index in [9.17, 15) is 4.79 Å². The molecule has 0 aliphatic heterocycles. The van der Waals surface area contributed by atoms with Gasteiger partial charge in [0.15, 0.2) is 5.13 Å². The predicted molar refractivity (Wildman–Crippen MR) is 129 cm³/mol. The monoisotopic (exact) mass is 426 g/mol. The fourth-order valence-electron chi connectivity index (χ4n) is 5.35. The topological polar surface area (TPSA) is 42.0 Å². The first-order chi connectivity index (χ1) is 15.1. The maximum atomic E-state index is 13.6. The summed E-state index contributed by atoms with van der Waals surface area (Å²) in [5.74, 6) is 0.392. The van der Waals surface area contributed by atoms with Crippen LogP contribution in [0.25, 0.3) is 10.2 Å². The van der Waals surface area contributed by atoms with Gasteiger partial charge >= 0.3 is 0 Å². The second-order valence-electron chi connectivity index (χ2n) is 8.31. The molecule has 31 heavy (non-hydrogen) atoms. The minimum Gasteiger partial charge on any atom is -0.301 e. The number of carbonyl (C=O) groups is 1. The average molecular weight is 427 g/mol. The smallest absolute Gasteiger partial charge is 0.233 e. The van der Waals surface area contributed by atoms with Crippen molar-refractivity contribution in [2.45, 2.75) is 39.0 Å². The van der Waals surface area contributed by atoms with E-state index < -0.39 is 5.41 Å². The van der Waals surface area contributed by atoms with Crippen molar-refractivity contribution < 1.29 is 4.79 Å². The van der Waals surface area contributed by atoms with Crippen molar-refractivity contribution in [2.24, 2.45) is 5.41 Å². The van der Waals surface area contributed by atoms with E-state index in [1.165, 1.54) is 33.6 Å². The van der Waals surface area contributed by atoms with Crippen molar-refractivity contribution in [3.8, 4) is 0 Å². The summed E-state index contributed by atoms with van der Waals surface area (Å²) in [5, 5.41) is 3.84. The molecule has 0 saturated carbocycles. The van der Waals surface area contributed by atoms with Gasteiger partial charge in [-0.05, 0) is 47.7 Å². The Morgan fingerprint density at radius 1 is 0.903 bits per heavy atom. The van der Waals surface area contributed by atoms with E-state index in [2.05, 4.69) is 65.8 Å². The van der Waals surface area contributed by atoms with E-state index in [-0.39, 0.29) is 17.7 Å². The molecule has 1 aromatic heterocycles. The van der Waals surface area contributed by atoms with Crippen LogP contribution in [0, 0.1) is 5.41 Å². The Labute approximate surface area is 187 Å². The average Bonchev–Trinajstić information content (AvgIpc) is 3.23. The molecule has 1 unspecified atom stereocenters. The van der Waals surface area contributed by atoms with Gasteiger partial charge in [-0.3, -0.25) is 4.79 Å². The third-order valence-electron chi connectivity index (χ3n) is 6.66. The van der Waals surface area contributed by atoms with Gasteiger partial charge in [0.05, 0.1) is 15.6 Å². The molecule has 1 N–H and O–H groups in total. The molecule has 0 spiro atoms. The van der Waals surface area contributed by atoms with Crippen molar-refractivity contribution >= 4 is 32.6 Å². The predicted octanol–water partition coefficient (Wildman–Crippen LogP) is 6.95. The number of amides is 1. The van der Waals surface area contributed by atoms with E-state index >= 15 is 0 Å². The number of benzene rings is 3. The highest BCUT2D eigenvalue weighted by Gasteiger charge is 2.53. The summed E-state index contributed by atoms with van der Waals surface area (Å²) in [6, 6.07) is 25.3. The summed E-state index contributed by atoms with van der Waals surface area (Å²) >= 11 is 1.54. The number of anilines is 1. The quantitative estimate of drug-likeness (QED) is 0.377. The normalized spacial score (nSPS) is 22.8. The van der Waals surface area contributed by atoms with Crippen LogP contribution < -0.4 is 5.32 Å². The molecule has 7 rings (SSSR count). The molecule has 0 fully saturated rings. The fraction of sp³-hybridized carbons (Fsp3) is 0.259. The third kappa shape index (κ3) is 3.01. The fourth-order valence-corrected chi connectivity index (χ4v) is 6.22. The van der Waals surface area contributed by atoms with E-state index in [0.717, 1.165) is 16.6 Å². The molecular weight excluding hydrogens is 400 g/mol. The van der Waals surface area contributed by atoms with Crippen molar-refractivity contribution in [1.82, 2.24) is 4.98 Å². The number of rotatable bonds is 2. The zero-order valence-electron chi connectivity index (χ0n) is 18.1. The molecular formula is C27H26N2OS. The van der Waals surface area contributed by atoms with Gasteiger partial charge in [-0.25, -0.2) is 4.98 Å². The molecule has 1 heterocycles. The van der Waals surface area contributed by atoms with E-state index in [4.69, 9.17) is 0 Å². The maximum Gasteiger partial charge on any atom is 0.233 e. The van der Waals surface area contributed by atoms with Crippen LogP contribution in [0.2, 0.25) is 0 Å². The van der Waals surface area contributed by atoms with Crippen LogP contribution in [-0.2, 0) is 4.79 Å². The van der Waals surface area contributed by atoms with Gasteiger partial charge < -0.3 is 5.32 Å². The van der Waals surface area contributed by atoms with Gasteiger partial charge in [0, 0.05) is 11.8 Å². The zero-order chi connectivity index (χ0) is 21.6. The Morgan fingerprint density at radius 2 is 1.45 bits per heavy atom. The molecule has 3 aliphatic carbocycles. The lowest BCUT2D eigenvalue weighted by Crippen LogP contribution is -2.47. The summed E-state index contributed by atoms with van der Waals surface area (Å²) < 4.78 is 1.09. The summed E-state index contributed by atoms with van der Waals surface area (Å²) in [4.78, 5) is 18.2. The summed E-state index contributed by atoms with van der Waals surface area (Å²) in [6.45, 7) is 6.12.